The number of esters is 1. The third kappa shape index (κ3) is 3.93. The molecule has 2 rings (SSSR count). The number of benzene rings is 1. The molecule has 1 fully saturated rings. The van der Waals surface area contributed by atoms with Crippen LogP contribution in [0.1, 0.15) is 30.7 Å². The van der Waals surface area contributed by atoms with Crippen LogP contribution < -0.4 is 5.32 Å². The second kappa shape index (κ2) is 7.10. The Hall–Kier alpha value is -1.61. The van der Waals surface area contributed by atoms with Crippen LogP contribution in [0.4, 0.5) is 0 Å². The lowest BCUT2D eigenvalue weighted by atomic mass is 9.86. The topological polar surface area (TPSA) is 38.3 Å². The van der Waals surface area contributed by atoms with Gasteiger partial charge in [-0.2, -0.15) is 0 Å². The number of carbonyl (C=O) groups is 1. The summed E-state index contributed by atoms with van der Waals surface area (Å²) in [7, 11) is 1.41. The van der Waals surface area contributed by atoms with Gasteiger partial charge in [-0.1, -0.05) is 42.8 Å². The first-order valence-corrected chi connectivity index (χ1v) is 6.86. The average Bonchev–Trinajstić information content (AvgIpc) is 2.49. The Morgan fingerprint density at radius 1 is 1.37 bits per heavy atom. The largest absolute Gasteiger partial charge is 0.466 e. The molecule has 0 aliphatic carbocycles. The zero-order valence-electron chi connectivity index (χ0n) is 11.3. The summed E-state index contributed by atoms with van der Waals surface area (Å²) in [5.74, 6) is -0.0719. The van der Waals surface area contributed by atoms with Gasteiger partial charge in [0.25, 0.3) is 0 Å². The maximum absolute atomic E-state index is 11.3. The zero-order chi connectivity index (χ0) is 13.5. The monoisotopic (exact) mass is 259 g/mol. The van der Waals surface area contributed by atoms with Crippen molar-refractivity contribution in [3.05, 3.63) is 48.0 Å². The van der Waals surface area contributed by atoms with Crippen molar-refractivity contribution in [3.8, 4) is 0 Å². The molecule has 0 radical (unpaired) electrons. The normalized spacial score (nSPS) is 21.2. The quantitative estimate of drug-likeness (QED) is 0.667. The van der Waals surface area contributed by atoms with Gasteiger partial charge in [0.2, 0.25) is 0 Å². The molecule has 1 aliphatic rings. The Bertz CT molecular complexity index is 422. The minimum absolute atomic E-state index is 0.223. The van der Waals surface area contributed by atoms with E-state index in [1.54, 1.807) is 0 Å². The van der Waals surface area contributed by atoms with E-state index in [0.29, 0.717) is 6.04 Å². The summed E-state index contributed by atoms with van der Waals surface area (Å²) in [6, 6.07) is 10.7. The third-order valence-electron chi connectivity index (χ3n) is 3.61. The summed E-state index contributed by atoms with van der Waals surface area (Å²) in [6.07, 6.45) is 7.12. The lowest BCUT2D eigenvalue weighted by Crippen LogP contribution is -2.38. The molecule has 0 unspecified atom stereocenters. The summed E-state index contributed by atoms with van der Waals surface area (Å²) < 4.78 is 4.68. The van der Waals surface area contributed by atoms with Crippen molar-refractivity contribution in [1.29, 1.82) is 0 Å². The molecule has 1 aliphatic heterocycles. The Morgan fingerprint density at radius 2 is 2.16 bits per heavy atom. The minimum Gasteiger partial charge on any atom is -0.466 e. The van der Waals surface area contributed by atoms with E-state index < -0.39 is 0 Å². The lowest BCUT2D eigenvalue weighted by Gasteiger charge is -2.30. The summed E-state index contributed by atoms with van der Waals surface area (Å²) in [4.78, 5) is 11.3. The predicted octanol–water partition coefficient (Wildman–Crippen LogP) is 2.64. The fraction of sp³-hybridized carbons (Fsp3) is 0.438. The molecular formula is C16H21NO2. The van der Waals surface area contributed by atoms with Crippen molar-refractivity contribution >= 4 is 5.97 Å². The van der Waals surface area contributed by atoms with Crippen LogP contribution in [0.5, 0.6) is 0 Å². The van der Waals surface area contributed by atoms with Crippen molar-refractivity contribution in [2.75, 3.05) is 13.7 Å². The molecule has 0 amide bonds. The van der Waals surface area contributed by atoms with Crippen LogP contribution in [0.25, 0.3) is 0 Å². The summed E-state index contributed by atoms with van der Waals surface area (Å²) in [5, 5.41) is 3.56. The van der Waals surface area contributed by atoms with Gasteiger partial charge < -0.3 is 10.1 Å². The molecule has 0 aromatic heterocycles. The number of rotatable bonds is 4. The molecule has 1 aromatic rings. The SMILES string of the molecule is COC(=O)/C=C/[C@H](c1ccccc1)[C@H]1CCCCN1. The van der Waals surface area contributed by atoms with Gasteiger partial charge in [0, 0.05) is 18.0 Å². The zero-order valence-corrected chi connectivity index (χ0v) is 11.3. The van der Waals surface area contributed by atoms with Gasteiger partial charge in [-0.15, -0.1) is 0 Å². The number of ether oxygens (including phenoxy) is 1. The smallest absolute Gasteiger partial charge is 0.330 e. The third-order valence-corrected chi connectivity index (χ3v) is 3.61. The molecule has 3 heteroatoms. The number of hydrogen-bond donors (Lipinski definition) is 1. The number of nitrogens with one attached hydrogen (secondary N) is 1. The van der Waals surface area contributed by atoms with E-state index in [2.05, 4.69) is 22.2 Å². The van der Waals surface area contributed by atoms with Crippen molar-refractivity contribution in [2.24, 2.45) is 0 Å². The van der Waals surface area contributed by atoms with Crippen LogP contribution in [0.2, 0.25) is 0 Å². The van der Waals surface area contributed by atoms with Gasteiger partial charge in [0.15, 0.2) is 0 Å². The van der Waals surface area contributed by atoms with Crippen molar-refractivity contribution in [1.82, 2.24) is 5.32 Å². The summed E-state index contributed by atoms with van der Waals surface area (Å²) in [5.41, 5.74) is 1.24. The highest BCUT2D eigenvalue weighted by molar-refractivity contribution is 5.81. The van der Waals surface area contributed by atoms with Crippen LogP contribution in [-0.4, -0.2) is 25.7 Å². The van der Waals surface area contributed by atoms with E-state index in [1.165, 1.54) is 31.6 Å². The Kier molecular flexibility index (Phi) is 5.16. The molecule has 1 saturated heterocycles. The number of hydrogen-bond acceptors (Lipinski definition) is 3. The lowest BCUT2D eigenvalue weighted by molar-refractivity contribution is -0.134. The standard InChI is InChI=1S/C16H21NO2/c1-19-16(18)11-10-14(13-7-3-2-4-8-13)15-9-5-6-12-17-15/h2-4,7-8,10-11,14-15,17H,5-6,9,12H2,1H3/b11-10+/t14-,15-/m1/s1. The molecule has 0 saturated carbocycles. The molecule has 1 heterocycles. The van der Waals surface area contributed by atoms with E-state index in [-0.39, 0.29) is 11.9 Å². The molecule has 0 spiro atoms. The van der Waals surface area contributed by atoms with E-state index in [9.17, 15) is 4.79 Å². The molecule has 3 nitrogen and oxygen atoms in total. The highest BCUT2D eigenvalue weighted by Crippen LogP contribution is 2.26. The van der Waals surface area contributed by atoms with Crippen molar-refractivity contribution in [3.63, 3.8) is 0 Å². The van der Waals surface area contributed by atoms with Gasteiger partial charge in [-0.05, 0) is 24.9 Å². The highest BCUT2D eigenvalue weighted by Gasteiger charge is 2.22. The minimum atomic E-state index is -0.295. The number of piperidine rings is 1. The molecule has 19 heavy (non-hydrogen) atoms. The molecule has 1 aromatic carbocycles. The fourth-order valence-corrected chi connectivity index (χ4v) is 2.59. The second-order valence-electron chi connectivity index (χ2n) is 4.88. The van der Waals surface area contributed by atoms with Gasteiger partial charge in [0.05, 0.1) is 7.11 Å². The van der Waals surface area contributed by atoms with Crippen LogP contribution in [0.15, 0.2) is 42.5 Å². The van der Waals surface area contributed by atoms with E-state index in [0.717, 1.165) is 13.0 Å². The summed E-state index contributed by atoms with van der Waals surface area (Å²) in [6.45, 7) is 1.06. The van der Waals surface area contributed by atoms with Crippen molar-refractivity contribution < 1.29 is 9.53 Å². The second-order valence-corrected chi connectivity index (χ2v) is 4.88. The fourth-order valence-electron chi connectivity index (χ4n) is 2.59. The first kappa shape index (κ1) is 13.8. The van der Waals surface area contributed by atoms with E-state index in [4.69, 9.17) is 0 Å². The first-order chi connectivity index (χ1) is 9.31. The Morgan fingerprint density at radius 3 is 2.79 bits per heavy atom. The van der Waals surface area contributed by atoms with E-state index >= 15 is 0 Å². The maximum Gasteiger partial charge on any atom is 0.330 e. The number of carbonyl (C=O) groups excluding carboxylic acids is 1. The van der Waals surface area contributed by atoms with Crippen LogP contribution in [0.3, 0.4) is 0 Å². The Labute approximate surface area is 114 Å². The van der Waals surface area contributed by atoms with Gasteiger partial charge >= 0.3 is 5.97 Å². The van der Waals surface area contributed by atoms with Gasteiger partial charge in [-0.25, -0.2) is 4.79 Å². The van der Waals surface area contributed by atoms with Gasteiger partial charge in [-0.3, -0.25) is 0 Å². The average molecular weight is 259 g/mol. The maximum atomic E-state index is 11.3. The number of methoxy groups -OCH3 is 1. The van der Waals surface area contributed by atoms with Crippen LogP contribution in [0, 0.1) is 0 Å². The van der Waals surface area contributed by atoms with Crippen molar-refractivity contribution in [2.45, 2.75) is 31.2 Å². The van der Waals surface area contributed by atoms with Gasteiger partial charge in [0.1, 0.15) is 0 Å². The molecule has 2 atom stereocenters. The molecule has 0 bridgehead atoms. The summed E-state index contributed by atoms with van der Waals surface area (Å²) >= 11 is 0. The Balaban J connectivity index is 2.17. The molecular weight excluding hydrogens is 238 g/mol. The van der Waals surface area contributed by atoms with E-state index in [1.807, 2.05) is 24.3 Å². The first-order valence-electron chi connectivity index (χ1n) is 6.86. The highest BCUT2D eigenvalue weighted by atomic mass is 16.5. The van der Waals surface area contributed by atoms with Crippen LogP contribution in [-0.2, 0) is 9.53 Å². The molecule has 1 N–H and O–H groups in total. The van der Waals surface area contributed by atoms with Crippen LogP contribution >= 0.6 is 0 Å². The molecule has 102 valence electrons. The predicted molar refractivity (Wildman–Crippen MR) is 76.0 cm³/mol.